The van der Waals surface area contributed by atoms with E-state index in [0.29, 0.717) is 12.3 Å². The SMILES string of the molecule is CCCN(C(CC)n1ccnc1)C(CC)n1ccnc1. The molecule has 0 spiro atoms. The zero-order valence-corrected chi connectivity index (χ0v) is 12.7. The topological polar surface area (TPSA) is 38.9 Å². The Balaban J connectivity index is 2.28. The van der Waals surface area contributed by atoms with Crippen LogP contribution < -0.4 is 0 Å². The summed E-state index contributed by atoms with van der Waals surface area (Å²) in [5.41, 5.74) is 0. The van der Waals surface area contributed by atoms with Crippen molar-refractivity contribution in [2.75, 3.05) is 6.54 Å². The van der Waals surface area contributed by atoms with Crippen LogP contribution in [0.4, 0.5) is 0 Å². The predicted octanol–water partition coefficient (Wildman–Crippen LogP) is 3.31. The van der Waals surface area contributed by atoms with Gasteiger partial charge in [-0.1, -0.05) is 20.8 Å². The molecule has 2 heterocycles. The summed E-state index contributed by atoms with van der Waals surface area (Å²) in [5, 5.41) is 0. The molecule has 0 saturated heterocycles. The van der Waals surface area contributed by atoms with E-state index < -0.39 is 0 Å². The molecule has 5 heteroatoms. The van der Waals surface area contributed by atoms with Crippen molar-refractivity contribution >= 4 is 0 Å². The highest BCUT2D eigenvalue weighted by Crippen LogP contribution is 2.27. The first-order chi connectivity index (χ1) is 9.81. The molecule has 0 aromatic carbocycles. The van der Waals surface area contributed by atoms with E-state index >= 15 is 0 Å². The molecule has 0 radical (unpaired) electrons. The largest absolute Gasteiger partial charge is 0.321 e. The second kappa shape index (κ2) is 7.24. The Morgan fingerprint density at radius 1 is 0.900 bits per heavy atom. The lowest BCUT2D eigenvalue weighted by molar-refractivity contribution is 0.0404. The summed E-state index contributed by atoms with van der Waals surface area (Å²) in [5.74, 6) is 0. The van der Waals surface area contributed by atoms with Crippen molar-refractivity contribution in [3.8, 4) is 0 Å². The van der Waals surface area contributed by atoms with Crippen molar-refractivity contribution in [1.29, 1.82) is 0 Å². The monoisotopic (exact) mass is 275 g/mol. The van der Waals surface area contributed by atoms with Crippen molar-refractivity contribution in [2.24, 2.45) is 0 Å². The summed E-state index contributed by atoms with van der Waals surface area (Å²) in [6, 6.07) is 0. The zero-order valence-electron chi connectivity index (χ0n) is 12.7. The number of nitrogens with zero attached hydrogens (tertiary/aromatic N) is 5. The summed E-state index contributed by atoms with van der Waals surface area (Å²) in [7, 11) is 0. The maximum atomic E-state index is 4.20. The van der Waals surface area contributed by atoms with Gasteiger partial charge in [-0.05, 0) is 19.3 Å². The molecular weight excluding hydrogens is 250 g/mol. The Kier molecular flexibility index (Phi) is 5.35. The van der Waals surface area contributed by atoms with Crippen molar-refractivity contribution in [1.82, 2.24) is 24.0 Å². The van der Waals surface area contributed by atoms with Crippen LogP contribution >= 0.6 is 0 Å². The standard InChI is InChI=1S/C15H25N5/c1-4-9-20(14(5-2)18-10-7-16-12-18)15(6-3)19-11-8-17-13-19/h7-8,10-15H,4-6,9H2,1-3H3. The number of rotatable bonds is 8. The smallest absolute Gasteiger partial charge is 0.0959 e. The summed E-state index contributed by atoms with van der Waals surface area (Å²) >= 11 is 0. The highest BCUT2D eigenvalue weighted by atomic mass is 15.4. The second-order valence-electron chi connectivity index (χ2n) is 5.04. The van der Waals surface area contributed by atoms with Gasteiger partial charge in [0.05, 0.1) is 25.0 Å². The lowest BCUT2D eigenvalue weighted by Gasteiger charge is -2.38. The van der Waals surface area contributed by atoms with Gasteiger partial charge < -0.3 is 9.13 Å². The van der Waals surface area contributed by atoms with Crippen molar-refractivity contribution in [3.63, 3.8) is 0 Å². The average Bonchev–Trinajstić information content (AvgIpc) is 3.13. The number of aromatic nitrogens is 4. The second-order valence-corrected chi connectivity index (χ2v) is 5.04. The molecule has 2 rings (SSSR count). The minimum absolute atomic E-state index is 0.338. The van der Waals surface area contributed by atoms with Gasteiger partial charge in [-0.25, -0.2) is 9.97 Å². The molecule has 0 aliphatic carbocycles. The van der Waals surface area contributed by atoms with Crippen LogP contribution in [-0.2, 0) is 0 Å². The van der Waals surface area contributed by atoms with E-state index in [1.165, 1.54) is 0 Å². The Bertz CT molecular complexity index is 420. The van der Waals surface area contributed by atoms with Crippen LogP contribution in [-0.4, -0.2) is 30.5 Å². The van der Waals surface area contributed by atoms with E-state index in [1.54, 1.807) is 0 Å². The Morgan fingerprint density at radius 3 is 1.70 bits per heavy atom. The first-order valence-electron chi connectivity index (χ1n) is 7.52. The molecule has 0 saturated carbocycles. The molecule has 2 aromatic heterocycles. The minimum atomic E-state index is 0.338. The van der Waals surface area contributed by atoms with Gasteiger partial charge in [-0.15, -0.1) is 0 Å². The third-order valence-corrected chi connectivity index (χ3v) is 3.72. The van der Waals surface area contributed by atoms with Gasteiger partial charge in [0.15, 0.2) is 0 Å². The Morgan fingerprint density at radius 2 is 1.40 bits per heavy atom. The molecule has 110 valence electrons. The summed E-state index contributed by atoms with van der Waals surface area (Å²) < 4.78 is 4.41. The fourth-order valence-corrected chi connectivity index (χ4v) is 2.88. The van der Waals surface area contributed by atoms with Gasteiger partial charge in [0.2, 0.25) is 0 Å². The molecule has 0 N–H and O–H groups in total. The molecule has 0 aliphatic heterocycles. The van der Waals surface area contributed by atoms with Crippen molar-refractivity contribution in [2.45, 2.75) is 52.4 Å². The third kappa shape index (κ3) is 3.10. The first kappa shape index (κ1) is 14.8. The maximum absolute atomic E-state index is 4.20. The van der Waals surface area contributed by atoms with Crippen LogP contribution in [0.5, 0.6) is 0 Å². The zero-order chi connectivity index (χ0) is 14.4. The van der Waals surface area contributed by atoms with E-state index in [0.717, 1.165) is 25.8 Å². The molecule has 0 aliphatic rings. The Hall–Kier alpha value is -1.62. The molecule has 20 heavy (non-hydrogen) atoms. The average molecular weight is 275 g/mol. The highest BCUT2D eigenvalue weighted by molar-refractivity contribution is 4.85. The molecule has 2 aromatic rings. The number of hydrogen-bond acceptors (Lipinski definition) is 3. The molecular formula is C15H25N5. The molecule has 0 bridgehead atoms. The van der Waals surface area contributed by atoms with Gasteiger partial charge in [-0.3, -0.25) is 4.90 Å². The van der Waals surface area contributed by atoms with Crippen LogP contribution in [0, 0.1) is 0 Å². The van der Waals surface area contributed by atoms with E-state index in [2.05, 4.69) is 57.2 Å². The highest BCUT2D eigenvalue weighted by Gasteiger charge is 2.25. The fraction of sp³-hybridized carbons (Fsp3) is 0.600. The summed E-state index contributed by atoms with van der Waals surface area (Å²) in [6.45, 7) is 7.75. The van der Waals surface area contributed by atoms with Crippen molar-refractivity contribution in [3.05, 3.63) is 37.4 Å². The lowest BCUT2D eigenvalue weighted by Crippen LogP contribution is -2.38. The van der Waals surface area contributed by atoms with Crippen LogP contribution in [0.1, 0.15) is 52.4 Å². The number of hydrogen-bond donors (Lipinski definition) is 0. The summed E-state index contributed by atoms with van der Waals surface area (Å²) in [6.07, 6.45) is 15.6. The molecule has 5 nitrogen and oxygen atoms in total. The predicted molar refractivity (Wildman–Crippen MR) is 80.1 cm³/mol. The minimum Gasteiger partial charge on any atom is -0.321 e. The molecule has 2 unspecified atom stereocenters. The van der Waals surface area contributed by atoms with Crippen LogP contribution in [0.15, 0.2) is 37.4 Å². The van der Waals surface area contributed by atoms with Gasteiger partial charge >= 0.3 is 0 Å². The normalized spacial score (nSPS) is 14.6. The third-order valence-electron chi connectivity index (χ3n) is 3.72. The maximum Gasteiger partial charge on any atom is 0.0959 e. The first-order valence-corrected chi connectivity index (χ1v) is 7.52. The molecule has 2 atom stereocenters. The van der Waals surface area contributed by atoms with Gasteiger partial charge in [0, 0.05) is 31.3 Å². The molecule has 0 amide bonds. The van der Waals surface area contributed by atoms with Crippen LogP contribution in [0.2, 0.25) is 0 Å². The van der Waals surface area contributed by atoms with E-state index in [4.69, 9.17) is 0 Å². The lowest BCUT2D eigenvalue weighted by atomic mass is 10.2. The quantitative estimate of drug-likeness (QED) is 0.742. The van der Waals surface area contributed by atoms with Gasteiger partial charge in [0.25, 0.3) is 0 Å². The summed E-state index contributed by atoms with van der Waals surface area (Å²) in [4.78, 5) is 10.9. The Labute approximate surface area is 121 Å². The van der Waals surface area contributed by atoms with Crippen LogP contribution in [0.3, 0.4) is 0 Å². The number of imidazole rings is 2. The fourth-order valence-electron chi connectivity index (χ4n) is 2.88. The van der Waals surface area contributed by atoms with E-state index in [9.17, 15) is 0 Å². The van der Waals surface area contributed by atoms with Crippen LogP contribution in [0.25, 0.3) is 0 Å². The molecule has 0 fully saturated rings. The van der Waals surface area contributed by atoms with Gasteiger partial charge in [0.1, 0.15) is 0 Å². The van der Waals surface area contributed by atoms with E-state index in [-0.39, 0.29) is 0 Å². The van der Waals surface area contributed by atoms with E-state index in [1.807, 2.05) is 25.0 Å². The van der Waals surface area contributed by atoms with Gasteiger partial charge in [-0.2, -0.15) is 0 Å². The van der Waals surface area contributed by atoms with Crippen molar-refractivity contribution < 1.29 is 0 Å².